The maximum absolute atomic E-state index is 6.20. The van der Waals surface area contributed by atoms with Crippen LogP contribution >= 0.6 is 55.1 Å². The minimum atomic E-state index is -0.0616. The van der Waals surface area contributed by atoms with Crippen LogP contribution in [0.15, 0.2) is 45.3 Å². The number of nitrogens with one attached hydrogen (secondary N) is 1. The Balaban J connectivity index is 2.31. The summed E-state index contributed by atoms with van der Waals surface area (Å²) in [5.74, 6) is 5.69. The molecule has 0 radical (unpaired) electrons. The Bertz CT molecular complexity index is 620. The quantitative estimate of drug-likeness (QED) is 0.504. The number of hydrazine groups is 1. The van der Waals surface area contributed by atoms with Crippen LogP contribution in [-0.2, 0) is 6.42 Å². The molecule has 1 unspecified atom stereocenters. The Morgan fingerprint density at radius 1 is 1.10 bits per heavy atom. The Labute approximate surface area is 144 Å². The Morgan fingerprint density at radius 3 is 2.50 bits per heavy atom. The van der Waals surface area contributed by atoms with E-state index in [-0.39, 0.29) is 6.04 Å². The molecule has 0 spiro atoms. The summed E-state index contributed by atoms with van der Waals surface area (Å²) in [6, 6.07) is 11.3. The smallest absolute Gasteiger partial charge is 0.0512 e. The van der Waals surface area contributed by atoms with Crippen molar-refractivity contribution in [2.45, 2.75) is 12.5 Å². The molecule has 0 amide bonds. The molecule has 1 atom stereocenters. The van der Waals surface area contributed by atoms with Gasteiger partial charge in [0.25, 0.3) is 0 Å². The maximum atomic E-state index is 6.20. The average molecular weight is 439 g/mol. The lowest BCUT2D eigenvalue weighted by molar-refractivity contribution is 0.550. The molecule has 2 aromatic carbocycles. The molecule has 0 aromatic heterocycles. The third-order valence-corrected chi connectivity index (χ3v) is 4.75. The fraction of sp³-hybridized carbons (Fsp3) is 0.143. The van der Waals surface area contributed by atoms with Crippen LogP contribution in [0.25, 0.3) is 0 Å². The average Bonchev–Trinajstić information content (AvgIpc) is 2.40. The van der Waals surface area contributed by atoms with Crippen molar-refractivity contribution >= 4 is 55.1 Å². The lowest BCUT2D eigenvalue weighted by atomic mass is 9.99. The molecule has 0 aliphatic carbocycles. The summed E-state index contributed by atoms with van der Waals surface area (Å²) in [5, 5.41) is 1.35. The Kier molecular flexibility index (Phi) is 5.90. The number of nitrogens with two attached hydrogens (primary N) is 1. The zero-order valence-electron chi connectivity index (χ0n) is 10.3. The molecule has 0 aliphatic rings. The fourth-order valence-electron chi connectivity index (χ4n) is 1.96. The highest BCUT2D eigenvalue weighted by atomic mass is 79.9. The van der Waals surface area contributed by atoms with Gasteiger partial charge in [0.2, 0.25) is 0 Å². The molecule has 2 rings (SSSR count). The van der Waals surface area contributed by atoms with Gasteiger partial charge in [0.15, 0.2) is 0 Å². The van der Waals surface area contributed by atoms with E-state index in [1.807, 2.05) is 24.3 Å². The number of benzene rings is 2. The van der Waals surface area contributed by atoms with E-state index in [4.69, 9.17) is 29.0 Å². The van der Waals surface area contributed by atoms with Crippen LogP contribution in [-0.4, -0.2) is 0 Å². The summed E-state index contributed by atoms with van der Waals surface area (Å²) in [6.07, 6.45) is 0.649. The van der Waals surface area contributed by atoms with E-state index in [1.54, 1.807) is 12.1 Å². The van der Waals surface area contributed by atoms with Gasteiger partial charge in [0.1, 0.15) is 0 Å². The van der Waals surface area contributed by atoms with Gasteiger partial charge in [-0.05, 0) is 47.9 Å². The number of rotatable bonds is 4. The van der Waals surface area contributed by atoms with Gasteiger partial charge in [-0.25, -0.2) is 0 Å². The molecule has 0 saturated heterocycles. The third kappa shape index (κ3) is 3.97. The largest absolute Gasteiger partial charge is 0.271 e. The van der Waals surface area contributed by atoms with Crippen molar-refractivity contribution in [3.8, 4) is 0 Å². The number of hydrogen-bond acceptors (Lipinski definition) is 2. The first kappa shape index (κ1) is 16.3. The standard InChI is InChI=1S/C14H12Br2Cl2N2/c15-9-1-3-11(12(16)7-9)14(20-19)6-8-5-10(17)2-4-13(8)18/h1-5,7,14,20H,6,19H2. The van der Waals surface area contributed by atoms with E-state index < -0.39 is 0 Å². The van der Waals surface area contributed by atoms with Gasteiger partial charge in [-0.2, -0.15) is 0 Å². The van der Waals surface area contributed by atoms with E-state index >= 15 is 0 Å². The maximum Gasteiger partial charge on any atom is 0.0512 e. The van der Waals surface area contributed by atoms with E-state index in [0.29, 0.717) is 16.5 Å². The lowest BCUT2D eigenvalue weighted by Crippen LogP contribution is -2.30. The van der Waals surface area contributed by atoms with Crippen molar-refractivity contribution in [1.82, 2.24) is 5.43 Å². The summed E-state index contributed by atoms with van der Waals surface area (Å²) < 4.78 is 1.98. The van der Waals surface area contributed by atoms with Crippen LogP contribution in [0.3, 0.4) is 0 Å². The van der Waals surface area contributed by atoms with Gasteiger partial charge in [0, 0.05) is 19.0 Å². The minimum absolute atomic E-state index is 0.0616. The highest BCUT2D eigenvalue weighted by Gasteiger charge is 2.15. The molecule has 0 saturated carbocycles. The summed E-state index contributed by atoms with van der Waals surface area (Å²) in [5.41, 5.74) is 4.84. The van der Waals surface area contributed by atoms with E-state index in [9.17, 15) is 0 Å². The second-order valence-electron chi connectivity index (χ2n) is 4.32. The summed E-state index contributed by atoms with van der Waals surface area (Å²) in [4.78, 5) is 0. The van der Waals surface area contributed by atoms with Gasteiger partial charge >= 0.3 is 0 Å². The van der Waals surface area contributed by atoms with Crippen molar-refractivity contribution in [1.29, 1.82) is 0 Å². The monoisotopic (exact) mass is 436 g/mol. The first-order valence-electron chi connectivity index (χ1n) is 5.86. The molecule has 2 nitrogen and oxygen atoms in total. The minimum Gasteiger partial charge on any atom is -0.271 e. The van der Waals surface area contributed by atoms with E-state index in [2.05, 4.69) is 37.3 Å². The van der Waals surface area contributed by atoms with E-state index in [0.717, 1.165) is 20.1 Å². The van der Waals surface area contributed by atoms with Gasteiger partial charge in [0.05, 0.1) is 6.04 Å². The van der Waals surface area contributed by atoms with Crippen molar-refractivity contribution in [2.24, 2.45) is 5.84 Å². The second-order valence-corrected chi connectivity index (χ2v) is 6.94. The second kappa shape index (κ2) is 7.25. The van der Waals surface area contributed by atoms with E-state index in [1.165, 1.54) is 0 Å². The summed E-state index contributed by atoms with van der Waals surface area (Å²) in [7, 11) is 0. The molecule has 6 heteroatoms. The highest BCUT2D eigenvalue weighted by molar-refractivity contribution is 9.11. The van der Waals surface area contributed by atoms with Crippen molar-refractivity contribution in [3.63, 3.8) is 0 Å². The first-order chi connectivity index (χ1) is 9.51. The topological polar surface area (TPSA) is 38.0 Å². The number of halogens is 4. The van der Waals surface area contributed by atoms with Gasteiger partial charge < -0.3 is 0 Å². The zero-order chi connectivity index (χ0) is 14.7. The first-order valence-corrected chi connectivity index (χ1v) is 8.20. The zero-order valence-corrected chi connectivity index (χ0v) is 15.0. The molecule has 2 aromatic rings. The van der Waals surface area contributed by atoms with Gasteiger partial charge in [-0.3, -0.25) is 11.3 Å². The molecule has 0 bridgehead atoms. The van der Waals surface area contributed by atoms with Gasteiger partial charge in [-0.1, -0.05) is 61.1 Å². The van der Waals surface area contributed by atoms with Crippen LogP contribution in [0.1, 0.15) is 17.2 Å². The molecular formula is C14H12Br2Cl2N2. The van der Waals surface area contributed by atoms with Crippen LogP contribution in [0.5, 0.6) is 0 Å². The summed E-state index contributed by atoms with van der Waals surface area (Å²) >= 11 is 19.2. The van der Waals surface area contributed by atoms with Crippen molar-refractivity contribution < 1.29 is 0 Å². The Hall–Kier alpha value is -0.100. The molecule has 20 heavy (non-hydrogen) atoms. The third-order valence-electron chi connectivity index (χ3n) is 2.97. The highest BCUT2D eigenvalue weighted by Crippen LogP contribution is 2.31. The Morgan fingerprint density at radius 2 is 1.85 bits per heavy atom. The molecular weight excluding hydrogens is 427 g/mol. The predicted molar refractivity (Wildman–Crippen MR) is 92.1 cm³/mol. The van der Waals surface area contributed by atoms with Crippen LogP contribution in [0, 0.1) is 0 Å². The van der Waals surface area contributed by atoms with Crippen molar-refractivity contribution in [3.05, 3.63) is 66.5 Å². The lowest BCUT2D eigenvalue weighted by Gasteiger charge is -2.19. The van der Waals surface area contributed by atoms with Crippen LogP contribution in [0.4, 0.5) is 0 Å². The van der Waals surface area contributed by atoms with Crippen LogP contribution in [0.2, 0.25) is 10.0 Å². The molecule has 0 heterocycles. The normalized spacial score (nSPS) is 12.4. The predicted octanol–water partition coefficient (Wildman–Crippen LogP) is 5.27. The van der Waals surface area contributed by atoms with Gasteiger partial charge in [-0.15, -0.1) is 0 Å². The number of hydrogen-bond donors (Lipinski definition) is 2. The molecule has 106 valence electrons. The van der Waals surface area contributed by atoms with Crippen LogP contribution < -0.4 is 11.3 Å². The fourth-order valence-corrected chi connectivity index (χ4v) is 3.68. The van der Waals surface area contributed by atoms with Crippen molar-refractivity contribution in [2.75, 3.05) is 0 Å². The molecule has 3 N–H and O–H groups in total. The SMILES string of the molecule is NNC(Cc1cc(Cl)ccc1Cl)c1ccc(Br)cc1Br. The molecule has 0 fully saturated rings. The summed E-state index contributed by atoms with van der Waals surface area (Å²) in [6.45, 7) is 0. The molecule has 0 aliphatic heterocycles.